The van der Waals surface area contributed by atoms with E-state index < -0.39 is 0 Å². The van der Waals surface area contributed by atoms with E-state index in [-0.39, 0.29) is 11.2 Å². The van der Waals surface area contributed by atoms with E-state index in [0.29, 0.717) is 18.9 Å². The molecule has 0 aliphatic heterocycles. The summed E-state index contributed by atoms with van der Waals surface area (Å²) in [5, 5.41) is 3.01. The number of ether oxygens (including phenoxy) is 1. The summed E-state index contributed by atoms with van der Waals surface area (Å²) in [6.45, 7) is 7.59. The summed E-state index contributed by atoms with van der Waals surface area (Å²) in [7, 11) is 1.84. The van der Waals surface area contributed by atoms with Crippen molar-refractivity contribution in [2.75, 3.05) is 13.7 Å². The molecule has 0 radical (unpaired) electrons. The standard InChI is InChI=1S/C14H22FNO/c1-14(2,3)8-9-17-13-11(10-16-4)6-5-7-12(13)15/h5-7,16H,8-10H2,1-4H3. The third-order valence-corrected chi connectivity index (χ3v) is 2.51. The molecule has 0 bridgehead atoms. The van der Waals surface area contributed by atoms with E-state index in [1.807, 2.05) is 13.1 Å². The smallest absolute Gasteiger partial charge is 0.165 e. The van der Waals surface area contributed by atoms with Gasteiger partial charge >= 0.3 is 0 Å². The molecule has 0 amide bonds. The summed E-state index contributed by atoms with van der Waals surface area (Å²) in [4.78, 5) is 0. The summed E-state index contributed by atoms with van der Waals surface area (Å²) in [6, 6.07) is 5.02. The van der Waals surface area contributed by atoms with Crippen LogP contribution in [0, 0.1) is 11.2 Å². The number of hydrogen-bond acceptors (Lipinski definition) is 2. The third kappa shape index (κ3) is 4.73. The van der Waals surface area contributed by atoms with Crippen LogP contribution in [-0.4, -0.2) is 13.7 Å². The minimum atomic E-state index is -0.286. The van der Waals surface area contributed by atoms with Crippen LogP contribution in [0.3, 0.4) is 0 Å². The summed E-state index contributed by atoms with van der Waals surface area (Å²) >= 11 is 0. The molecule has 0 saturated heterocycles. The second-order valence-electron chi connectivity index (χ2n) is 5.42. The molecule has 0 saturated carbocycles. The molecule has 0 aliphatic carbocycles. The Kier molecular flexibility index (Phi) is 4.94. The molecule has 2 nitrogen and oxygen atoms in total. The molecule has 1 rings (SSSR count). The minimum absolute atomic E-state index is 0.203. The van der Waals surface area contributed by atoms with Gasteiger partial charge in [0.1, 0.15) is 0 Å². The summed E-state index contributed by atoms with van der Waals surface area (Å²) in [5.41, 5.74) is 1.07. The van der Waals surface area contributed by atoms with Crippen molar-refractivity contribution in [2.24, 2.45) is 5.41 Å². The Morgan fingerprint density at radius 1 is 1.29 bits per heavy atom. The normalized spacial score (nSPS) is 11.6. The van der Waals surface area contributed by atoms with Gasteiger partial charge in [0.2, 0.25) is 0 Å². The number of hydrogen-bond donors (Lipinski definition) is 1. The molecular formula is C14H22FNO. The zero-order valence-corrected chi connectivity index (χ0v) is 11.1. The molecule has 1 N–H and O–H groups in total. The van der Waals surface area contributed by atoms with Gasteiger partial charge in [0, 0.05) is 12.1 Å². The Labute approximate surface area is 103 Å². The highest BCUT2D eigenvalue weighted by atomic mass is 19.1. The lowest BCUT2D eigenvalue weighted by Crippen LogP contribution is -2.13. The van der Waals surface area contributed by atoms with Gasteiger partial charge in [-0.1, -0.05) is 32.9 Å². The van der Waals surface area contributed by atoms with Gasteiger partial charge in [0.15, 0.2) is 11.6 Å². The molecule has 0 heterocycles. The monoisotopic (exact) mass is 239 g/mol. The number of benzene rings is 1. The molecular weight excluding hydrogens is 217 g/mol. The summed E-state index contributed by atoms with van der Waals surface area (Å²) < 4.78 is 19.2. The highest BCUT2D eigenvalue weighted by Crippen LogP contribution is 2.24. The Bertz CT molecular complexity index is 358. The fourth-order valence-electron chi connectivity index (χ4n) is 1.50. The van der Waals surface area contributed by atoms with Crippen molar-refractivity contribution in [3.05, 3.63) is 29.6 Å². The van der Waals surface area contributed by atoms with Crippen molar-refractivity contribution in [3.8, 4) is 5.75 Å². The molecule has 3 heteroatoms. The van der Waals surface area contributed by atoms with Crippen molar-refractivity contribution < 1.29 is 9.13 Å². The molecule has 0 aromatic heterocycles. The Balaban J connectivity index is 2.68. The fraction of sp³-hybridized carbons (Fsp3) is 0.571. The van der Waals surface area contributed by atoms with E-state index in [1.54, 1.807) is 6.07 Å². The van der Waals surface area contributed by atoms with Crippen LogP contribution < -0.4 is 10.1 Å². The predicted molar refractivity (Wildman–Crippen MR) is 68.7 cm³/mol. The first-order valence-electron chi connectivity index (χ1n) is 5.99. The molecule has 0 fully saturated rings. The van der Waals surface area contributed by atoms with Gasteiger partial charge in [0.25, 0.3) is 0 Å². The van der Waals surface area contributed by atoms with E-state index >= 15 is 0 Å². The lowest BCUT2D eigenvalue weighted by molar-refractivity contribution is 0.233. The maximum Gasteiger partial charge on any atom is 0.165 e. The van der Waals surface area contributed by atoms with E-state index in [1.165, 1.54) is 6.07 Å². The van der Waals surface area contributed by atoms with Gasteiger partial charge in [-0.2, -0.15) is 0 Å². The van der Waals surface area contributed by atoms with Gasteiger partial charge in [-0.3, -0.25) is 0 Å². The highest BCUT2D eigenvalue weighted by Gasteiger charge is 2.13. The molecule has 17 heavy (non-hydrogen) atoms. The maximum absolute atomic E-state index is 13.6. The molecule has 0 spiro atoms. The van der Waals surface area contributed by atoms with Gasteiger partial charge in [0.05, 0.1) is 6.61 Å². The first kappa shape index (κ1) is 14.0. The number of halogens is 1. The zero-order valence-electron chi connectivity index (χ0n) is 11.1. The molecule has 96 valence electrons. The third-order valence-electron chi connectivity index (χ3n) is 2.51. The maximum atomic E-state index is 13.6. The van der Waals surface area contributed by atoms with Crippen LogP contribution in [0.15, 0.2) is 18.2 Å². The van der Waals surface area contributed by atoms with E-state index in [9.17, 15) is 4.39 Å². The number of para-hydroxylation sites is 1. The zero-order chi connectivity index (χ0) is 12.9. The van der Waals surface area contributed by atoms with Gasteiger partial charge in [-0.15, -0.1) is 0 Å². The van der Waals surface area contributed by atoms with Crippen LogP contribution in [0.5, 0.6) is 5.75 Å². The minimum Gasteiger partial charge on any atom is -0.490 e. The lowest BCUT2D eigenvalue weighted by Gasteiger charge is -2.19. The summed E-state index contributed by atoms with van der Waals surface area (Å²) in [6.07, 6.45) is 0.903. The number of rotatable bonds is 5. The Morgan fingerprint density at radius 3 is 2.59 bits per heavy atom. The first-order valence-corrected chi connectivity index (χ1v) is 5.99. The predicted octanol–water partition coefficient (Wildman–Crippen LogP) is 3.36. The van der Waals surface area contributed by atoms with E-state index in [0.717, 1.165) is 12.0 Å². The van der Waals surface area contributed by atoms with E-state index in [4.69, 9.17) is 4.74 Å². The van der Waals surface area contributed by atoms with Crippen LogP contribution in [0.4, 0.5) is 4.39 Å². The van der Waals surface area contributed by atoms with Gasteiger partial charge in [-0.05, 0) is 24.9 Å². The second-order valence-corrected chi connectivity index (χ2v) is 5.42. The van der Waals surface area contributed by atoms with Crippen LogP contribution in [0.25, 0.3) is 0 Å². The van der Waals surface area contributed by atoms with Crippen LogP contribution in [0.2, 0.25) is 0 Å². The average Bonchev–Trinajstić information content (AvgIpc) is 2.21. The van der Waals surface area contributed by atoms with Crippen LogP contribution in [0.1, 0.15) is 32.8 Å². The molecule has 1 aromatic carbocycles. The van der Waals surface area contributed by atoms with E-state index in [2.05, 4.69) is 26.1 Å². The quantitative estimate of drug-likeness (QED) is 0.850. The van der Waals surface area contributed by atoms with Crippen molar-refractivity contribution in [3.63, 3.8) is 0 Å². The van der Waals surface area contributed by atoms with Crippen molar-refractivity contribution in [1.29, 1.82) is 0 Å². The summed E-state index contributed by atoms with van der Waals surface area (Å²) in [5.74, 6) is 0.0951. The molecule has 0 atom stereocenters. The first-order chi connectivity index (χ1) is 7.94. The topological polar surface area (TPSA) is 21.3 Å². The fourth-order valence-corrected chi connectivity index (χ4v) is 1.50. The SMILES string of the molecule is CNCc1cccc(F)c1OCCC(C)(C)C. The van der Waals surface area contributed by atoms with Gasteiger partial charge < -0.3 is 10.1 Å². The van der Waals surface area contributed by atoms with Crippen molar-refractivity contribution in [1.82, 2.24) is 5.32 Å². The van der Waals surface area contributed by atoms with Gasteiger partial charge in [-0.25, -0.2) is 4.39 Å². The Morgan fingerprint density at radius 2 is 2.00 bits per heavy atom. The van der Waals surface area contributed by atoms with Crippen LogP contribution in [-0.2, 0) is 6.54 Å². The van der Waals surface area contributed by atoms with Crippen molar-refractivity contribution in [2.45, 2.75) is 33.7 Å². The second kappa shape index (κ2) is 6.01. The molecule has 0 unspecified atom stereocenters. The Hall–Kier alpha value is -1.09. The van der Waals surface area contributed by atoms with Crippen molar-refractivity contribution >= 4 is 0 Å². The lowest BCUT2D eigenvalue weighted by atomic mass is 9.93. The largest absolute Gasteiger partial charge is 0.490 e. The molecule has 1 aromatic rings. The van der Waals surface area contributed by atoms with Crippen LogP contribution >= 0.6 is 0 Å². The average molecular weight is 239 g/mol. The molecule has 0 aliphatic rings. The highest BCUT2D eigenvalue weighted by molar-refractivity contribution is 5.34. The number of nitrogens with one attached hydrogen (secondary N) is 1.